The number of rotatable bonds is 5. The number of hydrazone groups is 1. The van der Waals surface area contributed by atoms with E-state index in [1.807, 2.05) is 13.0 Å². The molecule has 0 spiro atoms. The smallest absolute Gasteiger partial charge is 0.271 e. The van der Waals surface area contributed by atoms with E-state index in [2.05, 4.69) is 10.5 Å². The van der Waals surface area contributed by atoms with Crippen LogP contribution in [0.15, 0.2) is 53.6 Å². The van der Waals surface area contributed by atoms with Crippen molar-refractivity contribution in [3.05, 3.63) is 64.7 Å². The lowest BCUT2D eigenvalue weighted by molar-refractivity contribution is 0.0955. The van der Waals surface area contributed by atoms with Crippen molar-refractivity contribution in [1.29, 1.82) is 0 Å². The highest BCUT2D eigenvalue weighted by molar-refractivity contribution is 6.30. The van der Waals surface area contributed by atoms with Crippen LogP contribution in [-0.2, 0) is 0 Å². The van der Waals surface area contributed by atoms with Gasteiger partial charge < -0.3 is 4.74 Å². The Labute approximate surface area is 128 Å². The number of benzene rings is 2. The zero-order valence-corrected chi connectivity index (χ0v) is 12.3. The molecule has 0 aliphatic heterocycles. The van der Waals surface area contributed by atoms with E-state index < -0.39 is 0 Å². The number of hydrogen-bond donors (Lipinski definition) is 1. The van der Waals surface area contributed by atoms with Crippen molar-refractivity contribution in [1.82, 2.24) is 5.43 Å². The summed E-state index contributed by atoms with van der Waals surface area (Å²) in [5.41, 5.74) is 3.72. The molecule has 0 unspecified atom stereocenters. The van der Waals surface area contributed by atoms with Gasteiger partial charge in [0.25, 0.3) is 5.91 Å². The van der Waals surface area contributed by atoms with Crippen LogP contribution in [0.25, 0.3) is 0 Å². The molecule has 4 nitrogen and oxygen atoms in total. The first kappa shape index (κ1) is 15.1. The predicted octanol–water partition coefficient (Wildman–Crippen LogP) is 3.50. The number of hydrogen-bond acceptors (Lipinski definition) is 3. The normalized spacial score (nSPS) is 10.6. The molecular weight excluding hydrogens is 288 g/mol. The van der Waals surface area contributed by atoms with Gasteiger partial charge in [-0.2, -0.15) is 5.10 Å². The zero-order chi connectivity index (χ0) is 15.1. The van der Waals surface area contributed by atoms with Crippen LogP contribution in [0, 0.1) is 0 Å². The van der Waals surface area contributed by atoms with E-state index in [0.29, 0.717) is 28.5 Å². The Hall–Kier alpha value is -2.33. The van der Waals surface area contributed by atoms with E-state index in [-0.39, 0.29) is 5.91 Å². The highest BCUT2D eigenvalue weighted by Gasteiger charge is 2.04. The van der Waals surface area contributed by atoms with E-state index in [1.54, 1.807) is 42.5 Å². The molecule has 1 N–H and O–H groups in total. The lowest BCUT2D eigenvalue weighted by atomic mass is 10.2. The number of carbonyl (C=O) groups is 1. The van der Waals surface area contributed by atoms with Crippen molar-refractivity contribution in [2.24, 2.45) is 5.10 Å². The van der Waals surface area contributed by atoms with Crippen LogP contribution >= 0.6 is 11.6 Å². The Morgan fingerprint density at radius 2 is 2.05 bits per heavy atom. The zero-order valence-electron chi connectivity index (χ0n) is 11.5. The first-order valence-electron chi connectivity index (χ1n) is 6.51. The van der Waals surface area contributed by atoms with Gasteiger partial charge in [0.1, 0.15) is 5.75 Å². The van der Waals surface area contributed by atoms with Gasteiger partial charge in [-0.05, 0) is 37.3 Å². The van der Waals surface area contributed by atoms with Gasteiger partial charge in [-0.3, -0.25) is 4.79 Å². The number of nitrogens with zero attached hydrogens (tertiary/aromatic N) is 1. The van der Waals surface area contributed by atoms with Crippen molar-refractivity contribution < 1.29 is 9.53 Å². The average molecular weight is 303 g/mol. The van der Waals surface area contributed by atoms with Crippen LogP contribution < -0.4 is 10.2 Å². The van der Waals surface area contributed by atoms with Gasteiger partial charge in [-0.1, -0.05) is 29.8 Å². The van der Waals surface area contributed by atoms with Gasteiger partial charge in [0.15, 0.2) is 0 Å². The SMILES string of the molecule is CCOc1ccc(Cl)cc1C=NNC(=O)c1ccccc1. The average Bonchev–Trinajstić information content (AvgIpc) is 2.51. The molecule has 0 aromatic heterocycles. The maximum absolute atomic E-state index is 11.8. The van der Waals surface area contributed by atoms with Crippen LogP contribution in [0.4, 0.5) is 0 Å². The summed E-state index contributed by atoms with van der Waals surface area (Å²) < 4.78 is 5.47. The maximum Gasteiger partial charge on any atom is 0.271 e. The highest BCUT2D eigenvalue weighted by atomic mass is 35.5. The highest BCUT2D eigenvalue weighted by Crippen LogP contribution is 2.21. The second-order valence-corrected chi connectivity index (χ2v) is 4.62. The molecule has 108 valence electrons. The lowest BCUT2D eigenvalue weighted by Gasteiger charge is -2.07. The van der Waals surface area contributed by atoms with Gasteiger partial charge in [0.05, 0.1) is 12.8 Å². The van der Waals surface area contributed by atoms with E-state index in [0.717, 1.165) is 0 Å². The second-order valence-electron chi connectivity index (χ2n) is 4.18. The van der Waals surface area contributed by atoms with Crippen molar-refractivity contribution in [2.75, 3.05) is 6.61 Å². The van der Waals surface area contributed by atoms with Gasteiger partial charge >= 0.3 is 0 Å². The lowest BCUT2D eigenvalue weighted by Crippen LogP contribution is -2.17. The minimum absolute atomic E-state index is 0.271. The van der Waals surface area contributed by atoms with Crippen LogP contribution in [0.3, 0.4) is 0 Å². The topological polar surface area (TPSA) is 50.7 Å². The third-order valence-electron chi connectivity index (χ3n) is 2.68. The number of ether oxygens (including phenoxy) is 1. The van der Waals surface area contributed by atoms with Gasteiger partial charge in [0, 0.05) is 16.1 Å². The van der Waals surface area contributed by atoms with E-state index in [4.69, 9.17) is 16.3 Å². The van der Waals surface area contributed by atoms with Crippen LogP contribution in [0.5, 0.6) is 5.75 Å². The van der Waals surface area contributed by atoms with Crippen molar-refractivity contribution in [3.8, 4) is 5.75 Å². The summed E-state index contributed by atoms with van der Waals surface area (Å²) in [6, 6.07) is 14.1. The predicted molar refractivity (Wildman–Crippen MR) is 84.1 cm³/mol. The monoisotopic (exact) mass is 302 g/mol. The van der Waals surface area contributed by atoms with Crippen molar-refractivity contribution in [3.63, 3.8) is 0 Å². The van der Waals surface area contributed by atoms with Gasteiger partial charge in [-0.15, -0.1) is 0 Å². The second kappa shape index (κ2) is 7.45. The summed E-state index contributed by atoms with van der Waals surface area (Å²) in [4.78, 5) is 11.8. The quantitative estimate of drug-likeness (QED) is 0.679. The molecule has 0 bridgehead atoms. The molecule has 0 aliphatic carbocycles. The van der Waals surface area contributed by atoms with Crippen molar-refractivity contribution in [2.45, 2.75) is 6.92 Å². The Morgan fingerprint density at radius 1 is 1.29 bits per heavy atom. The minimum atomic E-state index is -0.271. The molecule has 0 heterocycles. The summed E-state index contributed by atoms with van der Waals surface area (Å²) in [6.07, 6.45) is 1.51. The molecule has 1 amide bonds. The first-order chi connectivity index (χ1) is 10.2. The number of amides is 1. The van der Waals surface area contributed by atoms with E-state index >= 15 is 0 Å². The standard InChI is InChI=1S/C16H15ClN2O2/c1-2-21-15-9-8-14(17)10-13(15)11-18-19-16(20)12-6-4-3-5-7-12/h3-11H,2H2,1H3,(H,19,20). The molecule has 2 aromatic rings. The fourth-order valence-electron chi connectivity index (χ4n) is 1.72. The van der Waals surface area contributed by atoms with Crippen LogP contribution in [-0.4, -0.2) is 18.7 Å². The van der Waals surface area contributed by atoms with Crippen LogP contribution in [0.1, 0.15) is 22.8 Å². The summed E-state index contributed by atoms with van der Waals surface area (Å²) >= 11 is 5.95. The number of halogens is 1. The van der Waals surface area contributed by atoms with E-state index in [1.165, 1.54) is 6.21 Å². The Bertz CT molecular complexity index is 642. The molecule has 5 heteroatoms. The van der Waals surface area contributed by atoms with Gasteiger partial charge in [-0.25, -0.2) is 5.43 Å². The fourth-order valence-corrected chi connectivity index (χ4v) is 1.90. The fraction of sp³-hybridized carbons (Fsp3) is 0.125. The molecule has 2 aromatic carbocycles. The Kier molecular flexibility index (Phi) is 5.35. The molecule has 0 fully saturated rings. The molecule has 0 aliphatic rings. The molecule has 0 radical (unpaired) electrons. The maximum atomic E-state index is 11.8. The molecule has 0 saturated carbocycles. The Morgan fingerprint density at radius 3 is 2.76 bits per heavy atom. The molecule has 2 rings (SSSR count). The molecule has 0 saturated heterocycles. The third-order valence-corrected chi connectivity index (χ3v) is 2.91. The molecule has 0 atom stereocenters. The summed E-state index contributed by atoms with van der Waals surface area (Å²) in [7, 11) is 0. The molecular formula is C16H15ClN2O2. The largest absolute Gasteiger partial charge is 0.493 e. The van der Waals surface area contributed by atoms with Gasteiger partial charge in [0.2, 0.25) is 0 Å². The summed E-state index contributed by atoms with van der Waals surface area (Å²) in [5.74, 6) is 0.395. The number of carbonyl (C=O) groups excluding carboxylic acids is 1. The first-order valence-corrected chi connectivity index (χ1v) is 6.89. The van der Waals surface area contributed by atoms with Crippen LogP contribution in [0.2, 0.25) is 5.02 Å². The Balaban J connectivity index is 2.07. The van der Waals surface area contributed by atoms with E-state index in [9.17, 15) is 4.79 Å². The summed E-state index contributed by atoms with van der Waals surface area (Å²) in [5, 5.41) is 4.52. The number of nitrogens with one attached hydrogen (secondary N) is 1. The molecule has 21 heavy (non-hydrogen) atoms. The van der Waals surface area contributed by atoms with Crippen molar-refractivity contribution >= 4 is 23.7 Å². The minimum Gasteiger partial charge on any atom is -0.493 e. The third kappa shape index (κ3) is 4.33. The summed E-state index contributed by atoms with van der Waals surface area (Å²) in [6.45, 7) is 2.44.